The van der Waals surface area contributed by atoms with Crippen LogP contribution in [0.2, 0.25) is 0 Å². The van der Waals surface area contributed by atoms with Gasteiger partial charge < -0.3 is 10.5 Å². The second-order valence-electron chi connectivity index (χ2n) is 6.13. The second-order valence-corrected chi connectivity index (χ2v) is 6.13. The molecule has 0 saturated heterocycles. The minimum absolute atomic E-state index is 0.171. The number of nitrogen functional groups attached to an aromatic ring is 1. The molecule has 2 N–H and O–H groups in total. The molecule has 2 aromatic rings. The van der Waals surface area contributed by atoms with Gasteiger partial charge in [-0.25, -0.2) is 9.59 Å². The number of ether oxygens (including phenoxy) is 1. The maximum absolute atomic E-state index is 12.6. The van der Waals surface area contributed by atoms with Gasteiger partial charge in [-0.2, -0.15) is 13.2 Å². The highest BCUT2D eigenvalue weighted by Gasteiger charge is 2.30. The van der Waals surface area contributed by atoms with Gasteiger partial charge in [0.1, 0.15) is 11.4 Å². The number of hydrogen-bond donors (Lipinski definition) is 1. The van der Waals surface area contributed by atoms with Crippen LogP contribution in [0.25, 0.3) is 0 Å². The summed E-state index contributed by atoms with van der Waals surface area (Å²) in [5.74, 6) is -2.33. The molecule has 0 bridgehead atoms. The number of Topliss-reactive ketones (excluding diaryl/α,β-unsaturated/α-hetero) is 1. The first kappa shape index (κ1) is 21.9. The van der Waals surface area contributed by atoms with Crippen LogP contribution in [-0.4, -0.2) is 27.5 Å². The van der Waals surface area contributed by atoms with E-state index in [9.17, 15) is 32.3 Å². The fourth-order valence-electron chi connectivity index (χ4n) is 2.57. The van der Waals surface area contributed by atoms with Crippen LogP contribution < -0.4 is 17.0 Å². The maximum Gasteiger partial charge on any atom is 0.416 e. The van der Waals surface area contributed by atoms with E-state index in [-0.39, 0.29) is 17.9 Å². The molecule has 0 saturated carbocycles. The van der Waals surface area contributed by atoms with E-state index in [0.717, 1.165) is 21.3 Å². The molecule has 1 aromatic carbocycles. The lowest BCUT2D eigenvalue weighted by molar-refractivity contribution is -0.137. The summed E-state index contributed by atoms with van der Waals surface area (Å²) in [6, 6.07) is 3.22. The second kappa shape index (κ2) is 8.33. The van der Waals surface area contributed by atoms with Crippen molar-refractivity contribution in [2.45, 2.75) is 26.1 Å². The molecule has 0 amide bonds. The Bertz CT molecular complexity index is 1050. The molecular weight excluding hydrogens is 395 g/mol. The number of halogens is 3. The van der Waals surface area contributed by atoms with Crippen molar-refractivity contribution < 1.29 is 27.5 Å². The van der Waals surface area contributed by atoms with E-state index in [1.54, 1.807) is 6.92 Å². The van der Waals surface area contributed by atoms with Crippen LogP contribution >= 0.6 is 0 Å². The van der Waals surface area contributed by atoms with Gasteiger partial charge in [0, 0.05) is 13.6 Å². The summed E-state index contributed by atoms with van der Waals surface area (Å²) in [5.41, 5.74) is 2.53. The van der Waals surface area contributed by atoms with Crippen molar-refractivity contribution in [2.75, 3.05) is 12.3 Å². The minimum atomic E-state index is -4.56. The van der Waals surface area contributed by atoms with Crippen LogP contribution in [0.15, 0.2) is 33.9 Å². The average Bonchev–Trinajstić information content (AvgIpc) is 2.67. The predicted molar refractivity (Wildman–Crippen MR) is 96.7 cm³/mol. The normalized spacial score (nSPS) is 11.3. The molecule has 0 spiro atoms. The lowest BCUT2D eigenvalue weighted by Gasteiger charge is -2.14. The Morgan fingerprint density at radius 1 is 1.14 bits per heavy atom. The highest BCUT2D eigenvalue weighted by molar-refractivity contribution is 6.02. The third-order valence-electron chi connectivity index (χ3n) is 4.09. The maximum atomic E-state index is 12.6. The molecule has 8 nitrogen and oxygen atoms in total. The minimum Gasteiger partial charge on any atom is -0.454 e. The van der Waals surface area contributed by atoms with Crippen molar-refractivity contribution in [3.8, 4) is 0 Å². The molecule has 0 aliphatic heterocycles. The Morgan fingerprint density at radius 3 is 2.24 bits per heavy atom. The Balaban J connectivity index is 2.22. The highest BCUT2D eigenvalue weighted by Crippen LogP contribution is 2.29. The van der Waals surface area contributed by atoms with Gasteiger partial charge >= 0.3 is 17.8 Å². The number of rotatable bonds is 6. The van der Waals surface area contributed by atoms with Crippen LogP contribution in [0.3, 0.4) is 0 Å². The largest absolute Gasteiger partial charge is 0.454 e. The number of carbonyl (C=O) groups excluding carboxylic acids is 2. The molecule has 1 aromatic heterocycles. The van der Waals surface area contributed by atoms with Crippen molar-refractivity contribution in [3.05, 3.63) is 61.8 Å². The Morgan fingerprint density at radius 2 is 1.72 bits per heavy atom. The van der Waals surface area contributed by atoms with Crippen LogP contribution in [0.5, 0.6) is 0 Å². The Hall–Kier alpha value is -3.37. The average molecular weight is 413 g/mol. The third kappa shape index (κ3) is 4.55. The number of benzene rings is 1. The van der Waals surface area contributed by atoms with E-state index in [1.165, 1.54) is 7.05 Å². The van der Waals surface area contributed by atoms with E-state index < -0.39 is 46.9 Å². The van der Waals surface area contributed by atoms with E-state index >= 15 is 0 Å². The van der Waals surface area contributed by atoms with Gasteiger partial charge in [-0.1, -0.05) is 6.92 Å². The van der Waals surface area contributed by atoms with Crippen LogP contribution in [-0.2, 0) is 24.5 Å². The standard InChI is InChI=1S/C18H18F3N3O5/c1-3-8-24-14(22)13(15(26)23(2)17(24)28)12(25)9-29-16(27)10-4-6-11(7-5-10)18(19,20)21/h4-7H,3,8-9,22H2,1-2H3. The number of alkyl halides is 3. The van der Waals surface area contributed by atoms with Gasteiger partial charge in [-0.3, -0.25) is 18.7 Å². The molecule has 0 aliphatic rings. The van der Waals surface area contributed by atoms with Crippen molar-refractivity contribution in [2.24, 2.45) is 7.05 Å². The molecular formula is C18H18F3N3O5. The SMILES string of the molecule is CCCn1c(N)c(C(=O)COC(=O)c2ccc(C(F)(F)F)cc2)c(=O)n(C)c1=O. The third-order valence-corrected chi connectivity index (χ3v) is 4.09. The predicted octanol–water partition coefficient (Wildman–Crippen LogP) is 1.60. The van der Waals surface area contributed by atoms with Crippen molar-refractivity contribution in [3.63, 3.8) is 0 Å². The molecule has 1 heterocycles. The molecule has 11 heteroatoms. The molecule has 0 fully saturated rings. The van der Waals surface area contributed by atoms with Gasteiger partial charge in [0.15, 0.2) is 6.61 Å². The van der Waals surface area contributed by atoms with Gasteiger partial charge in [0.2, 0.25) is 5.78 Å². The number of aromatic nitrogens is 2. The summed E-state index contributed by atoms with van der Waals surface area (Å²) in [4.78, 5) is 48.7. The van der Waals surface area contributed by atoms with Gasteiger partial charge in [-0.15, -0.1) is 0 Å². The number of ketones is 1. The summed E-state index contributed by atoms with van der Waals surface area (Å²) in [7, 11) is 1.18. The van der Waals surface area contributed by atoms with E-state index in [0.29, 0.717) is 18.6 Å². The zero-order chi connectivity index (χ0) is 21.9. The number of hydrogen-bond acceptors (Lipinski definition) is 6. The number of esters is 1. The van der Waals surface area contributed by atoms with E-state index in [1.807, 2.05) is 0 Å². The number of anilines is 1. The summed E-state index contributed by atoms with van der Waals surface area (Å²) in [5, 5.41) is 0. The molecule has 0 aliphatic carbocycles. The smallest absolute Gasteiger partial charge is 0.416 e. The number of nitrogens with zero attached hydrogens (tertiary/aromatic N) is 2. The Labute approximate surface area is 162 Å². The molecule has 156 valence electrons. The summed E-state index contributed by atoms with van der Waals surface area (Å²) in [6.07, 6.45) is -4.05. The molecule has 0 atom stereocenters. The zero-order valence-corrected chi connectivity index (χ0v) is 15.6. The fraction of sp³-hybridized carbons (Fsp3) is 0.333. The quantitative estimate of drug-likeness (QED) is 0.569. The first-order chi connectivity index (χ1) is 13.5. The molecule has 0 unspecified atom stereocenters. The first-order valence-corrected chi connectivity index (χ1v) is 8.45. The van der Waals surface area contributed by atoms with Crippen molar-refractivity contribution in [1.29, 1.82) is 0 Å². The van der Waals surface area contributed by atoms with Crippen LogP contribution in [0.1, 0.15) is 39.6 Å². The Kier molecular flexibility index (Phi) is 6.30. The van der Waals surface area contributed by atoms with Crippen LogP contribution in [0.4, 0.5) is 19.0 Å². The van der Waals surface area contributed by atoms with Gasteiger partial charge in [0.05, 0.1) is 11.1 Å². The summed E-state index contributed by atoms with van der Waals surface area (Å²) < 4.78 is 44.2. The van der Waals surface area contributed by atoms with Crippen LogP contribution in [0, 0.1) is 0 Å². The monoisotopic (exact) mass is 413 g/mol. The topological polar surface area (TPSA) is 113 Å². The van der Waals surface area contributed by atoms with E-state index in [2.05, 4.69) is 0 Å². The fourth-order valence-corrected chi connectivity index (χ4v) is 2.57. The lowest BCUT2D eigenvalue weighted by Crippen LogP contribution is -2.43. The van der Waals surface area contributed by atoms with Gasteiger partial charge in [-0.05, 0) is 30.7 Å². The number of carbonyl (C=O) groups is 2. The first-order valence-electron chi connectivity index (χ1n) is 8.45. The summed E-state index contributed by atoms with van der Waals surface area (Å²) in [6.45, 7) is 1.07. The van der Waals surface area contributed by atoms with Crippen molar-refractivity contribution in [1.82, 2.24) is 9.13 Å². The molecule has 2 rings (SSSR count). The lowest BCUT2D eigenvalue weighted by atomic mass is 10.1. The zero-order valence-electron chi connectivity index (χ0n) is 15.6. The summed E-state index contributed by atoms with van der Waals surface area (Å²) >= 11 is 0. The van der Waals surface area contributed by atoms with Gasteiger partial charge in [0.25, 0.3) is 5.56 Å². The number of nitrogens with two attached hydrogens (primary N) is 1. The molecule has 29 heavy (non-hydrogen) atoms. The molecule has 0 radical (unpaired) electrons. The van der Waals surface area contributed by atoms with E-state index in [4.69, 9.17) is 10.5 Å². The van der Waals surface area contributed by atoms with Crippen molar-refractivity contribution >= 4 is 17.6 Å². The highest BCUT2D eigenvalue weighted by atomic mass is 19.4.